The number of rotatable bonds is 7. The third-order valence-electron chi connectivity index (χ3n) is 5.96. The number of ether oxygens (including phenoxy) is 1. The summed E-state index contributed by atoms with van der Waals surface area (Å²) in [6, 6.07) is 9.95. The van der Waals surface area contributed by atoms with Gasteiger partial charge in [-0.25, -0.2) is 4.79 Å². The van der Waals surface area contributed by atoms with Gasteiger partial charge in [0.1, 0.15) is 0 Å². The summed E-state index contributed by atoms with van der Waals surface area (Å²) in [7, 11) is 0. The van der Waals surface area contributed by atoms with Crippen LogP contribution in [-0.4, -0.2) is 69.3 Å². The van der Waals surface area contributed by atoms with E-state index in [1.807, 2.05) is 6.07 Å². The number of benzene rings is 2. The number of carbonyl (C=O) groups is 2. The largest absolute Gasteiger partial charge is 0.379 e. The fourth-order valence-electron chi connectivity index (χ4n) is 4.16. The molecule has 2 saturated heterocycles. The third kappa shape index (κ3) is 6.33. The molecule has 0 unspecified atom stereocenters. The Kier molecular flexibility index (Phi) is 8.50. The number of anilines is 3. The number of hydrogen-bond acceptors (Lipinski definition) is 5. The minimum absolute atomic E-state index is 0.155. The van der Waals surface area contributed by atoms with Gasteiger partial charge in [0.25, 0.3) is 5.91 Å². The van der Waals surface area contributed by atoms with Gasteiger partial charge in [0.05, 0.1) is 34.5 Å². The van der Waals surface area contributed by atoms with Gasteiger partial charge in [0.2, 0.25) is 0 Å². The Morgan fingerprint density at radius 1 is 0.971 bits per heavy atom. The van der Waals surface area contributed by atoms with Crippen LogP contribution in [0.2, 0.25) is 10.0 Å². The van der Waals surface area contributed by atoms with Crippen molar-refractivity contribution < 1.29 is 14.3 Å². The number of halogens is 2. The molecule has 2 aliphatic rings. The van der Waals surface area contributed by atoms with E-state index in [4.69, 9.17) is 27.9 Å². The third-order valence-corrected chi connectivity index (χ3v) is 6.78. The van der Waals surface area contributed by atoms with Gasteiger partial charge in [-0.3, -0.25) is 9.69 Å². The zero-order valence-electron chi connectivity index (χ0n) is 18.9. The fourth-order valence-corrected chi connectivity index (χ4v) is 4.51. The maximum Gasteiger partial charge on any atom is 0.323 e. The molecule has 34 heavy (non-hydrogen) atoms. The number of nitrogens with one attached hydrogen (secondary N) is 3. The number of urea groups is 1. The zero-order chi connectivity index (χ0) is 23.9. The van der Waals surface area contributed by atoms with Crippen molar-refractivity contribution in [1.82, 2.24) is 10.2 Å². The molecule has 0 spiro atoms. The standard InChI is InChI=1S/C24H29Cl2N5O3/c25-19-4-3-5-20(22(19)26)29-24(33)28-17-6-7-21(31-9-1-2-10-31)18(16-17)23(32)27-8-11-30-12-14-34-15-13-30/h3-7,16H,1-2,8-15H2,(H,27,32)(H2,28,29,33). The fraction of sp³-hybridized carbons (Fsp3) is 0.417. The molecule has 0 aliphatic carbocycles. The van der Waals surface area contributed by atoms with Crippen LogP contribution in [0.4, 0.5) is 21.9 Å². The molecular weight excluding hydrogens is 477 g/mol. The van der Waals surface area contributed by atoms with Crippen LogP contribution in [-0.2, 0) is 4.74 Å². The van der Waals surface area contributed by atoms with Crippen molar-refractivity contribution in [3.63, 3.8) is 0 Å². The van der Waals surface area contributed by atoms with Gasteiger partial charge in [-0.1, -0.05) is 29.3 Å². The maximum atomic E-state index is 13.1. The molecule has 0 aromatic heterocycles. The van der Waals surface area contributed by atoms with Crippen molar-refractivity contribution in [2.24, 2.45) is 0 Å². The van der Waals surface area contributed by atoms with Crippen LogP contribution < -0.4 is 20.9 Å². The first-order valence-electron chi connectivity index (χ1n) is 11.5. The number of carbonyl (C=O) groups excluding carboxylic acids is 2. The highest BCUT2D eigenvalue weighted by molar-refractivity contribution is 6.44. The molecule has 2 aromatic carbocycles. The Labute approximate surface area is 209 Å². The van der Waals surface area contributed by atoms with Crippen molar-refractivity contribution in [2.45, 2.75) is 12.8 Å². The van der Waals surface area contributed by atoms with Gasteiger partial charge in [-0.15, -0.1) is 0 Å². The summed E-state index contributed by atoms with van der Waals surface area (Å²) in [4.78, 5) is 30.2. The van der Waals surface area contributed by atoms with Crippen LogP contribution in [0.1, 0.15) is 23.2 Å². The molecule has 2 fully saturated rings. The Bertz CT molecular complexity index is 1020. The molecule has 2 aliphatic heterocycles. The van der Waals surface area contributed by atoms with Crippen molar-refractivity contribution in [3.8, 4) is 0 Å². The summed E-state index contributed by atoms with van der Waals surface area (Å²) in [6.07, 6.45) is 2.20. The normalized spacial score (nSPS) is 16.4. The van der Waals surface area contributed by atoms with Crippen molar-refractivity contribution in [3.05, 3.63) is 52.0 Å². The second kappa shape index (κ2) is 11.8. The first kappa shape index (κ1) is 24.6. The summed E-state index contributed by atoms with van der Waals surface area (Å²) in [6.45, 7) is 6.34. The molecule has 0 bridgehead atoms. The van der Waals surface area contributed by atoms with E-state index in [-0.39, 0.29) is 10.9 Å². The Hall–Kier alpha value is -2.52. The van der Waals surface area contributed by atoms with E-state index in [1.165, 1.54) is 0 Å². The quantitative estimate of drug-likeness (QED) is 0.522. The average molecular weight is 506 g/mol. The predicted octanol–water partition coefficient (Wildman–Crippen LogP) is 4.30. The van der Waals surface area contributed by atoms with E-state index >= 15 is 0 Å². The van der Waals surface area contributed by atoms with E-state index in [9.17, 15) is 9.59 Å². The number of nitrogens with zero attached hydrogens (tertiary/aromatic N) is 2. The Morgan fingerprint density at radius 2 is 1.74 bits per heavy atom. The molecule has 3 amide bonds. The van der Waals surface area contributed by atoms with Crippen molar-refractivity contribution >= 4 is 52.2 Å². The van der Waals surface area contributed by atoms with Crippen LogP contribution in [0.15, 0.2) is 36.4 Å². The summed E-state index contributed by atoms with van der Waals surface area (Å²) < 4.78 is 5.38. The van der Waals surface area contributed by atoms with E-state index in [0.717, 1.165) is 64.5 Å². The lowest BCUT2D eigenvalue weighted by Gasteiger charge is -2.26. The highest BCUT2D eigenvalue weighted by Gasteiger charge is 2.21. The molecule has 4 rings (SSSR count). The van der Waals surface area contributed by atoms with Gasteiger partial charge in [-0.2, -0.15) is 0 Å². The average Bonchev–Trinajstić information content (AvgIpc) is 3.37. The lowest BCUT2D eigenvalue weighted by atomic mass is 10.1. The van der Waals surface area contributed by atoms with Gasteiger partial charge >= 0.3 is 6.03 Å². The molecule has 3 N–H and O–H groups in total. The smallest absolute Gasteiger partial charge is 0.323 e. The second-order valence-electron chi connectivity index (χ2n) is 8.32. The van der Waals surface area contributed by atoms with E-state index < -0.39 is 6.03 Å². The number of morpholine rings is 1. The predicted molar refractivity (Wildman–Crippen MR) is 137 cm³/mol. The lowest BCUT2D eigenvalue weighted by Crippen LogP contribution is -2.41. The van der Waals surface area contributed by atoms with Crippen molar-refractivity contribution in [1.29, 1.82) is 0 Å². The molecule has 8 nitrogen and oxygen atoms in total. The van der Waals surface area contributed by atoms with Crippen LogP contribution in [0.3, 0.4) is 0 Å². The highest BCUT2D eigenvalue weighted by Crippen LogP contribution is 2.30. The summed E-state index contributed by atoms with van der Waals surface area (Å²) >= 11 is 12.2. The van der Waals surface area contributed by atoms with E-state index in [0.29, 0.717) is 28.5 Å². The summed E-state index contributed by atoms with van der Waals surface area (Å²) in [5, 5.41) is 9.14. The van der Waals surface area contributed by atoms with Gasteiger partial charge in [0, 0.05) is 50.6 Å². The summed E-state index contributed by atoms with van der Waals surface area (Å²) in [5.74, 6) is -0.155. The maximum absolute atomic E-state index is 13.1. The first-order chi connectivity index (χ1) is 16.5. The molecule has 2 heterocycles. The first-order valence-corrected chi connectivity index (χ1v) is 12.3. The van der Waals surface area contributed by atoms with Crippen LogP contribution in [0.25, 0.3) is 0 Å². The summed E-state index contributed by atoms with van der Waals surface area (Å²) in [5.41, 5.74) is 2.34. The molecule has 0 saturated carbocycles. The zero-order valence-corrected chi connectivity index (χ0v) is 20.4. The number of hydrogen-bond donors (Lipinski definition) is 3. The van der Waals surface area contributed by atoms with Crippen LogP contribution in [0.5, 0.6) is 0 Å². The minimum atomic E-state index is -0.475. The lowest BCUT2D eigenvalue weighted by molar-refractivity contribution is 0.0383. The number of amides is 3. The van der Waals surface area contributed by atoms with Gasteiger partial charge < -0.3 is 25.6 Å². The Balaban J connectivity index is 1.44. The molecule has 0 radical (unpaired) electrons. The van der Waals surface area contributed by atoms with Gasteiger partial charge in [-0.05, 0) is 43.2 Å². The SMILES string of the molecule is O=C(Nc1ccc(N2CCCC2)c(C(=O)NCCN2CCOCC2)c1)Nc1cccc(Cl)c1Cl. The molecule has 182 valence electrons. The highest BCUT2D eigenvalue weighted by atomic mass is 35.5. The second-order valence-corrected chi connectivity index (χ2v) is 9.10. The molecule has 10 heteroatoms. The topological polar surface area (TPSA) is 85.9 Å². The van der Waals surface area contributed by atoms with Crippen LogP contribution >= 0.6 is 23.2 Å². The van der Waals surface area contributed by atoms with Crippen LogP contribution in [0, 0.1) is 0 Å². The van der Waals surface area contributed by atoms with Crippen molar-refractivity contribution in [2.75, 3.05) is 68.0 Å². The minimum Gasteiger partial charge on any atom is -0.379 e. The molecule has 0 atom stereocenters. The molecular formula is C24H29Cl2N5O3. The van der Waals surface area contributed by atoms with E-state index in [1.54, 1.807) is 30.3 Å². The van der Waals surface area contributed by atoms with Gasteiger partial charge in [0.15, 0.2) is 0 Å². The monoisotopic (exact) mass is 505 g/mol. The van der Waals surface area contributed by atoms with E-state index in [2.05, 4.69) is 25.8 Å². The molecule has 2 aromatic rings. The Morgan fingerprint density at radius 3 is 2.50 bits per heavy atom.